The Morgan fingerprint density at radius 3 is 0.951 bits per heavy atom. The van der Waals surface area contributed by atoms with E-state index >= 15 is 39.5 Å². The molecule has 0 spiro atoms. The molecule has 3 amide bonds. The number of hydrogen-bond acceptors (Lipinski definition) is 24. The van der Waals surface area contributed by atoms with E-state index < -0.39 is 181 Å². The first-order valence-corrected chi connectivity index (χ1v) is 49.6. The minimum absolute atomic E-state index is 0.0383. The molecule has 6 aromatic carbocycles. The fourth-order valence-corrected chi connectivity index (χ4v) is 29.2. The molecule has 12 aromatic rings. The first-order chi connectivity index (χ1) is 69.1. The number of thiophene rings is 3. The van der Waals surface area contributed by atoms with Gasteiger partial charge in [0.2, 0.25) is 53.9 Å². The Bertz CT molecular complexity index is 7420. The van der Waals surface area contributed by atoms with Crippen LogP contribution < -0.4 is 45.5 Å². The van der Waals surface area contributed by atoms with E-state index in [-0.39, 0.29) is 86.9 Å². The number of pyridine rings is 3. The fourth-order valence-electron chi connectivity index (χ4n) is 25.9. The van der Waals surface area contributed by atoms with Crippen LogP contribution in [0.25, 0.3) is 64.7 Å². The first-order valence-electron chi connectivity index (χ1n) is 46.9. The molecule has 5 saturated heterocycles. The number of methoxy groups -OCH3 is 3. The van der Waals surface area contributed by atoms with Crippen molar-refractivity contribution in [1.82, 2.24) is 28.7 Å². The molecule has 0 radical (unpaired) electrons. The molecule has 6 bridgehead atoms. The normalized spacial score (nSPS) is 23.8. The second kappa shape index (κ2) is 33.1. The van der Waals surface area contributed by atoms with Gasteiger partial charge in [-0.15, -0.1) is 34.0 Å². The number of ether oxygens (including phenoxy) is 9. The molecule has 29 rings (SSSR count). The van der Waals surface area contributed by atoms with Gasteiger partial charge >= 0.3 is 18.5 Å². The minimum atomic E-state index is -3.45. The number of rotatable bonds is 12. The van der Waals surface area contributed by atoms with Crippen LogP contribution in [-0.2, 0) is 65.5 Å². The Hall–Kier alpha value is -14.3. The monoisotopic (exact) mass is 2010 g/mol. The van der Waals surface area contributed by atoms with Crippen molar-refractivity contribution in [3.8, 4) is 82.0 Å². The summed E-state index contributed by atoms with van der Waals surface area (Å²) in [6.45, 7) is -2.05. The van der Waals surface area contributed by atoms with Crippen LogP contribution in [0.15, 0.2) is 177 Å². The van der Waals surface area contributed by atoms with Crippen molar-refractivity contribution in [2.45, 2.75) is 162 Å². The van der Waals surface area contributed by atoms with E-state index in [0.29, 0.717) is 50.1 Å². The average Bonchev–Trinajstić information content (AvgIpc) is 1.61. The third-order valence-corrected chi connectivity index (χ3v) is 34.5. The predicted molar refractivity (Wildman–Crippen MR) is 500 cm³/mol. The van der Waals surface area contributed by atoms with Gasteiger partial charge in [-0.05, 0) is 184 Å². The highest BCUT2D eigenvalue weighted by atomic mass is 32.1. The predicted octanol–water partition coefficient (Wildman–Crippen LogP) is 19.2. The molecular weight excluding hydrogens is 1930 g/mol. The summed E-state index contributed by atoms with van der Waals surface area (Å²) in [5.74, 6) is -15.3. The molecule has 8 atom stereocenters. The zero-order chi connectivity index (χ0) is 98.5. The van der Waals surface area contributed by atoms with Gasteiger partial charge in [0.15, 0.2) is 17.1 Å². The van der Waals surface area contributed by atoms with Crippen molar-refractivity contribution in [3.05, 3.63) is 294 Å². The van der Waals surface area contributed by atoms with Crippen LogP contribution in [0.5, 0.6) is 17.2 Å². The van der Waals surface area contributed by atoms with Crippen LogP contribution in [0.4, 0.5) is 53.9 Å². The lowest BCUT2D eigenvalue weighted by atomic mass is 9.75. The number of benzene rings is 6. The third kappa shape index (κ3) is 13.3. The quantitative estimate of drug-likeness (QED) is 0.0476. The maximum atomic E-state index is 16.0. The van der Waals surface area contributed by atoms with Crippen molar-refractivity contribution >= 4 is 70.2 Å². The van der Waals surface area contributed by atoms with Crippen LogP contribution >= 0.6 is 34.0 Å². The standard InChI is InChI=1S/2C35H28F3N3O6S.C34H26F3N3O6S/c2*1-45-34(44)47-16-46-30-24(42)12-13-39-29(30)33(43)40-19-8-6-17(7-9-19)32(40)41(39)28-20-4-2-3-5-21(20)31-25-18(15-48-31)14-35(37,38)27-23(36)11-10-22(28)26(25)27;1-44-33(43)46-15-45-29-23(41)10-11-38-28(29)32(42)39-18-7-6-16(12-18)31(39)40(38)27-19-4-2-3-5-20(19)30-24-17(14-47-30)13-34(36,37)26-22(35)9-8-21(27)25(24)26/h2*2-5,10-13,15,17,19,28,32H,6-9,14,16H2,1H3;2-5,8-11,14,16,18,27,31H,6-7,12-13,15H2,1H3/t17?,19?,28-,32?;;/m1../s1. The SMILES string of the molecule is COC(=O)OCOc1c2n(ccc1=O)N(C1c3ccccc3-c3scc4c3-c3c1ccc(F)c3C(F)(F)C4)C1C3CCC(C3)N1C2=O.COC(=O)OCOc1c2n(ccc1=O)N(C1c3ccccc3-c3scc4c3-c3c1ccc(F)c3C(F)(F)C4)C1C3CCC(CC3)N1C2=O.COC(=O)OCOc1c2n(ccc1=O)N([C@@H]1c3ccccc3-c3scc4c3-c3c1ccc(F)c3C(F)(F)C4)C1C3CCC(CC3)N1C2=O. The van der Waals surface area contributed by atoms with Crippen LogP contribution in [0.3, 0.4) is 0 Å². The summed E-state index contributed by atoms with van der Waals surface area (Å²) in [6, 6.07) is 32.2. The Kier molecular flexibility index (Phi) is 20.8. The summed E-state index contributed by atoms with van der Waals surface area (Å²) in [5.41, 5.74) is 6.18. The summed E-state index contributed by atoms with van der Waals surface area (Å²) >= 11 is 4.09. The summed E-state index contributed by atoms with van der Waals surface area (Å²) in [5, 5.41) is 11.2. The lowest BCUT2D eigenvalue weighted by Gasteiger charge is -2.60. The highest BCUT2D eigenvalue weighted by Gasteiger charge is 2.62. The maximum Gasteiger partial charge on any atom is 0.510 e. The largest absolute Gasteiger partial charge is 0.510 e. The van der Waals surface area contributed by atoms with Crippen molar-refractivity contribution in [3.63, 3.8) is 0 Å². The average molecular weight is 2010 g/mol. The van der Waals surface area contributed by atoms with Crippen LogP contribution in [0, 0.1) is 35.2 Å². The van der Waals surface area contributed by atoms with Crippen LogP contribution in [0.1, 0.15) is 187 Å². The van der Waals surface area contributed by atoms with Gasteiger partial charge in [-0.2, -0.15) is 0 Å². The second-order valence-corrected chi connectivity index (χ2v) is 40.9. The van der Waals surface area contributed by atoms with Gasteiger partial charge in [0.05, 0.1) is 56.1 Å². The topological polar surface area (TPSA) is 271 Å². The highest BCUT2D eigenvalue weighted by molar-refractivity contribution is 7.15. The van der Waals surface area contributed by atoms with Gasteiger partial charge in [0, 0.05) is 128 Å². The molecule has 17 aliphatic rings. The molecule has 6 aromatic heterocycles. The summed E-state index contributed by atoms with van der Waals surface area (Å²) in [7, 11) is 3.39. The Labute approximate surface area is 818 Å². The van der Waals surface area contributed by atoms with Crippen molar-refractivity contribution in [1.29, 1.82) is 0 Å². The van der Waals surface area contributed by atoms with E-state index in [1.807, 2.05) is 87.8 Å². The van der Waals surface area contributed by atoms with Gasteiger partial charge in [-0.1, -0.05) is 91.0 Å². The number of carbonyl (C=O) groups excluding carboxylic acids is 6. The number of fused-ring (bicyclic) bond motifs is 18. The number of piperidine rings is 5. The van der Waals surface area contributed by atoms with Gasteiger partial charge in [-0.25, -0.2) is 53.9 Å². The number of amides is 3. The fraction of sp³-hybridized carbons (Fsp3) is 0.337. The second-order valence-electron chi connectivity index (χ2n) is 38.2. The van der Waals surface area contributed by atoms with E-state index in [2.05, 4.69) is 14.2 Å². The van der Waals surface area contributed by atoms with Gasteiger partial charge in [-0.3, -0.25) is 57.8 Å². The van der Waals surface area contributed by atoms with Crippen LogP contribution in [0.2, 0.25) is 0 Å². The van der Waals surface area contributed by atoms with Gasteiger partial charge in [0.25, 0.3) is 35.5 Å². The molecule has 0 N–H and O–H groups in total. The van der Waals surface area contributed by atoms with Gasteiger partial charge in [0.1, 0.15) is 35.9 Å². The zero-order valence-corrected chi connectivity index (χ0v) is 78.5. The van der Waals surface area contributed by atoms with Crippen molar-refractivity contribution < 1.29 is 111 Å². The molecule has 27 nitrogen and oxygen atoms in total. The lowest BCUT2D eigenvalue weighted by Crippen LogP contribution is -2.70. The van der Waals surface area contributed by atoms with E-state index in [9.17, 15) is 43.2 Å². The minimum Gasteiger partial charge on any atom is -0.451 e. The molecule has 3 saturated carbocycles. The van der Waals surface area contributed by atoms with E-state index in [1.54, 1.807) is 63.1 Å². The summed E-state index contributed by atoms with van der Waals surface area (Å²) in [4.78, 5) is 126. The van der Waals surface area contributed by atoms with E-state index in [0.717, 1.165) is 158 Å². The molecule has 14 heterocycles. The lowest BCUT2D eigenvalue weighted by molar-refractivity contribution is -0.0264. The first kappa shape index (κ1) is 90.0. The number of aromatic nitrogens is 3. The third-order valence-electron chi connectivity index (χ3n) is 31.3. The zero-order valence-electron chi connectivity index (χ0n) is 76.0. The summed E-state index contributed by atoms with van der Waals surface area (Å²) < 4.78 is 193. The molecule has 7 unspecified atom stereocenters. The van der Waals surface area contributed by atoms with E-state index in [4.69, 9.17) is 28.4 Å². The molecule has 39 heteroatoms. The molecule has 8 fully saturated rings. The molecule has 732 valence electrons. The number of halogens is 9. The number of hydrogen-bond donors (Lipinski definition) is 0. The van der Waals surface area contributed by atoms with Crippen molar-refractivity contribution in [2.24, 2.45) is 17.8 Å². The number of nitrogens with zero attached hydrogens (tertiary/aromatic N) is 9. The number of carbonyl (C=O) groups is 6. The van der Waals surface area contributed by atoms with Crippen LogP contribution in [-0.4, -0.2) is 143 Å². The highest BCUT2D eigenvalue weighted by Crippen LogP contribution is 2.65. The molecular formula is C104H82F9N9O18S3. The van der Waals surface area contributed by atoms with Crippen molar-refractivity contribution in [2.75, 3.05) is 56.7 Å². The Morgan fingerprint density at radius 1 is 0.350 bits per heavy atom. The summed E-state index contributed by atoms with van der Waals surface area (Å²) in [6.07, 6.45) is 7.01. The maximum absolute atomic E-state index is 16.0. The number of alkyl halides is 6. The smallest absolute Gasteiger partial charge is 0.451 e. The van der Waals surface area contributed by atoms with Gasteiger partial charge < -0.3 is 57.3 Å². The Balaban J connectivity index is 0.000000113. The molecule has 9 aliphatic carbocycles. The molecule has 143 heavy (non-hydrogen) atoms. The Morgan fingerprint density at radius 2 is 0.636 bits per heavy atom. The van der Waals surface area contributed by atoms with E-state index in [1.165, 1.54) is 70.8 Å². The molecule has 8 aliphatic heterocycles.